The number of hydrogen-bond donors (Lipinski definition) is 2. The summed E-state index contributed by atoms with van der Waals surface area (Å²) in [5.41, 5.74) is 2.50. The van der Waals surface area contributed by atoms with Gasteiger partial charge in [-0.3, -0.25) is 14.9 Å². The number of aromatic nitrogens is 4. The smallest absolute Gasteiger partial charge is 0.277 e. The largest absolute Gasteiger partial charge is 0.304 e. The van der Waals surface area contributed by atoms with Gasteiger partial charge in [0.25, 0.3) is 5.91 Å². The van der Waals surface area contributed by atoms with Gasteiger partial charge in [-0.1, -0.05) is 30.3 Å². The van der Waals surface area contributed by atoms with E-state index in [1.807, 2.05) is 24.3 Å². The monoisotopic (exact) mass is 293 g/mol. The van der Waals surface area contributed by atoms with Crippen molar-refractivity contribution in [1.29, 1.82) is 0 Å². The van der Waals surface area contributed by atoms with E-state index in [9.17, 15) is 4.79 Å². The molecule has 0 unspecified atom stereocenters. The second-order valence-electron chi connectivity index (χ2n) is 4.81. The Kier molecular flexibility index (Phi) is 4.20. The lowest BCUT2D eigenvalue weighted by molar-refractivity contribution is 0.102. The van der Waals surface area contributed by atoms with Crippen molar-refractivity contribution in [1.82, 2.24) is 20.2 Å². The predicted octanol–water partition coefficient (Wildman–Crippen LogP) is 2.24. The Bertz CT molecular complexity index is 739. The minimum absolute atomic E-state index is 0.260. The number of amides is 1. The first-order valence-corrected chi connectivity index (χ1v) is 6.97. The summed E-state index contributed by atoms with van der Waals surface area (Å²) in [5.74, 6) is 0.160. The molecule has 3 aromatic rings. The first kappa shape index (κ1) is 13.9. The summed E-state index contributed by atoms with van der Waals surface area (Å²) in [4.78, 5) is 19.7. The molecule has 1 amide bonds. The maximum atomic E-state index is 11.9. The summed E-state index contributed by atoms with van der Waals surface area (Å²) in [6.07, 6.45) is 6.16. The van der Waals surface area contributed by atoms with Crippen LogP contribution in [0, 0.1) is 0 Å². The van der Waals surface area contributed by atoms with E-state index < -0.39 is 0 Å². The number of rotatable bonds is 5. The van der Waals surface area contributed by atoms with Crippen LogP contribution < -0.4 is 5.32 Å². The third-order valence-electron chi connectivity index (χ3n) is 3.19. The van der Waals surface area contributed by atoms with Crippen molar-refractivity contribution in [3.8, 4) is 0 Å². The number of nitrogens with zero attached hydrogens (tertiary/aromatic N) is 3. The standard InChI is InChI=1S/C16H15N5O/c22-16(14-11-17-8-9-18-14)19-15-10-13(20-21-15)7-6-12-4-2-1-3-5-12/h1-5,8-11H,6-7H2,(H2,19,20,21,22). The summed E-state index contributed by atoms with van der Waals surface area (Å²) >= 11 is 0. The highest BCUT2D eigenvalue weighted by atomic mass is 16.2. The van der Waals surface area contributed by atoms with Crippen LogP contribution in [0.25, 0.3) is 0 Å². The van der Waals surface area contributed by atoms with Crippen LogP contribution in [-0.4, -0.2) is 26.1 Å². The van der Waals surface area contributed by atoms with E-state index in [-0.39, 0.29) is 11.6 Å². The Morgan fingerprint density at radius 3 is 2.77 bits per heavy atom. The number of hydrogen-bond acceptors (Lipinski definition) is 4. The molecule has 1 aromatic carbocycles. The summed E-state index contributed by atoms with van der Waals surface area (Å²) in [6.45, 7) is 0. The van der Waals surface area contributed by atoms with Crippen molar-refractivity contribution < 1.29 is 4.79 Å². The topological polar surface area (TPSA) is 83.6 Å². The SMILES string of the molecule is O=C(Nc1cc(CCc2ccccc2)[nH]n1)c1cnccn1. The van der Waals surface area contributed by atoms with Crippen molar-refractivity contribution in [2.45, 2.75) is 12.8 Å². The van der Waals surface area contributed by atoms with Gasteiger partial charge in [0.1, 0.15) is 5.69 Å². The Labute approximate surface area is 127 Å². The van der Waals surface area contributed by atoms with Crippen LogP contribution in [0.1, 0.15) is 21.7 Å². The highest BCUT2D eigenvalue weighted by Gasteiger charge is 2.09. The zero-order valence-corrected chi connectivity index (χ0v) is 11.9. The molecule has 3 rings (SSSR count). The maximum absolute atomic E-state index is 11.9. The van der Waals surface area contributed by atoms with Gasteiger partial charge in [0.05, 0.1) is 6.20 Å². The molecule has 0 radical (unpaired) electrons. The molecule has 0 fully saturated rings. The number of anilines is 1. The third-order valence-corrected chi connectivity index (χ3v) is 3.19. The van der Waals surface area contributed by atoms with Gasteiger partial charge in [-0.25, -0.2) is 4.98 Å². The molecule has 0 saturated carbocycles. The highest BCUT2D eigenvalue weighted by molar-refractivity contribution is 6.02. The molecule has 0 aliphatic carbocycles. The first-order chi connectivity index (χ1) is 10.8. The number of aryl methyl sites for hydroxylation is 2. The Morgan fingerprint density at radius 1 is 1.14 bits per heavy atom. The highest BCUT2D eigenvalue weighted by Crippen LogP contribution is 2.10. The van der Waals surface area contributed by atoms with Crippen molar-refractivity contribution in [2.75, 3.05) is 5.32 Å². The number of carbonyl (C=O) groups is 1. The minimum Gasteiger partial charge on any atom is -0.304 e. The van der Waals surface area contributed by atoms with Gasteiger partial charge in [-0.2, -0.15) is 5.10 Å². The molecule has 22 heavy (non-hydrogen) atoms. The summed E-state index contributed by atoms with van der Waals surface area (Å²) in [6, 6.07) is 12.1. The van der Waals surface area contributed by atoms with Crippen molar-refractivity contribution >= 4 is 11.7 Å². The molecule has 0 spiro atoms. The normalized spacial score (nSPS) is 10.4. The second-order valence-corrected chi connectivity index (χ2v) is 4.81. The quantitative estimate of drug-likeness (QED) is 0.755. The molecule has 2 N–H and O–H groups in total. The fourth-order valence-electron chi connectivity index (χ4n) is 2.07. The number of aromatic amines is 1. The molecule has 2 aromatic heterocycles. The molecule has 0 aliphatic heterocycles. The van der Waals surface area contributed by atoms with Crippen LogP contribution in [0.3, 0.4) is 0 Å². The third kappa shape index (κ3) is 3.54. The van der Waals surface area contributed by atoms with Gasteiger partial charge >= 0.3 is 0 Å². The summed E-state index contributed by atoms with van der Waals surface area (Å²) in [5, 5.41) is 9.71. The van der Waals surface area contributed by atoms with Gasteiger partial charge < -0.3 is 5.32 Å². The van der Waals surface area contributed by atoms with Crippen LogP contribution in [0.4, 0.5) is 5.82 Å². The molecule has 2 heterocycles. The van der Waals surface area contributed by atoms with E-state index in [4.69, 9.17) is 0 Å². The second kappa shape index (κ2) is 6.62. The predicted molar refractivity (Wildman–Crippen MR) is 82.4 cm³/mol. The molecule has 6 heteroatoms. The Hall–Kier alpha value is -3.02. The molecular weight excluding hydrogens is 278 g/mol. The van der Waals surface area contributed by atoms with E-state index in [0.717, 1.165) is 18.5 Å². The maximum Gasteiger partial charge on any atom is 0.277 e. The molecule has 110 valence electrons. The fourth-order valence-corrected chi connectivity index (χ4v) is 2.07. The van der Waals surface area contributed by atoms with Crippen LogP contribution in [0.5, 0.6) is 0 Å². The van der Waals surface area contributed by atoms with Gasteiger partial charge in [-0.05, 0) is 18.4 Å². The lowest BCUT2D eigenvalue weighted by Crippen LogP contribution is -2.13. The van der Waals surface area contributed by atoms with Gasteiger partial charge in [-0.15, -0.1) is 0 Å². The van der Waals surface area contributed by atoms with Gasteiger partial charge in [0.2, 0.25) is 0 Å². The van der Waals surface area contributed by atoms with E-state index in [2.05, 4.69) is 37.6 Å². The van der Waals surface area contributed by atoms with E-state index >= 15 is 0 Å². The van der Waals surface area contributed by atoms with Crippen LogP contribution in [0.15, 0.2) is 55.0 Å². The molecule has 0 saturated heterocycles. The van der Waals surface area contributed by atoms with E-state index in [0.29, 0.717) is 5.82 Å². The number of H-pyrrole nitrogens is 1. The van der Waals surface area contributed by atoms with Crippen molar-refractivity contribution in [3.05, 3.63) is 71.9 Å². The van der Waals surface area contributed by atoms with Gasteiger partial charge in [0, 0.05) is 24.2 Å². The lowest BCUT2D eigenvalue weighted by atomic mass is 10.1. The minimum atomic E-state index is -0.325. The molecule has 6 nitrogen and oxygen atoms in total. The van der Waals surface area contributed by atoms with Crippen LogP contribution in [0.2, 0.25) is 0 Å². The number of nitrogens with one attached hydrogen (secondary N) is 2. The van der Waals surface area contributed by atoms with E-state index in [1.54, 1.807) is 0 Å². The van der Waals surface area contributed by atoms with Crippen LogP contribution >= 0.6 is 0 Å². The summed E-state index contributed by atoms with van der Waals surface area (Å²) in [7, 11) is 0. The lowest BCUT2D eigenvalue weighted by Gasteiger charge is -1.99. The zero-order valence-electron chi connectivity index (χ0n) is 11.9. The van der Waals surface area contributed by atoms with Crippen molar-refractivity contribution in [2.24, 2.45) is 0 Å². The number of carbonyl (C=O) groups excluding carboxylic acids is 1. The first-order valence-electron chi connectivity index (χ1n) is 6.97. The average molecular weight is 293 g/mol. The van der Waals surface area contributed by atoms with Crippen molar-refractivity contribution in [3.63, 3.8) is 0 Å². The Morgan fingerprint density at radius 2 is 2.00 bits per heavy atom. The van der Waals surface area contributed by atoms with Gasteiger partial charge in [0.15, 0.2) is 5.82 Å². The molecule has 0 bridgehead atoms. The molecule has 0 aliphatic rings. The zero-order chi connectivity index (χ0) is 15.2. The molecule has 0 atom stereocenters. The number of benzene rings is 1. The fraction of sp³-hybridized carbons (Fsp3) is 0.125. The summed E-state index contributed by atoms with van der Waals surface area (Å²) < 4.78 is 0. The van der Waals surface area contributed by atoms with Crippen LogP contribution in [-0.2, 0) is 12.8 Å². The Balaban J connectivity index is 1.58. The molecular formula is C16H15N5O. The van der Waals surface area contributed by atoms with E-state index in [1.165, 1.54) is 24.2 Å². The average Bonchev–Trinajstić information content (AvgIpc) is 3.02.